The van der Waals surface area contributed by atoms with Crippen LogP contribution >= 0.6 is 0 Å². The fraction of sp³-hybridized carbons (Fsp3) is 0.281. The van der Waals surface area contributed by atoms with Crippen molar-refractivity contribution < 1.29 is 14.7 Å². The highest BCUT2D eigenvalue weighted by atomic mass is 16.4. The Balaban J connectivity index is 1.35. The number of benzene rings is 3. The minimum absolute atomic E-state index is 0.0472. The molecule has 6 heteroatoms. The van der Waals surface area contributed by atoms with Crippen molar-refractivity contribution in [3.8, 4) is 11.3 Å². The summed E-state index contributed by atoms with van der Waals surface area (Å²) in [6.07, 6.45) is 2.29. The van der Waals surface area contributed by atoms with Crippen molar-refractivity contribution in [1.82, 2.24) is 9.88 Å². The summed E-state index contributed by atoms with van der Waals surface area (Å²) in [4.78, 5) is 33.6. The van der Waals surface area contributed by atoms with E-state index in [2.05, 4.69) is 42.2 Å². The predicted molar refractivity (Wildman–Crippen MR) is 152 cm³/mol. The highest BCUT2D eigenvalue weighted by molar-refractivity contribution is 5.98. The normalized spacial score (nSPS) is 13.6. The van der Waals surface area contributed by atoms with Crippen LogP contribution in [0.4, 0.5) is 5.69 Å². The largest absolute Gasteiger partial charge is 0.481 e. The molecule has 38 heavy (non-hydrogen) atoms. The molecule has 0 atom stereocenters. The molecular weight excluding hydrogens is 474 g/mol. The number of amides is 1. The monoisotopic (exact) mass is 507 g/mol. The summed E-state index contributed by atoms with van der Waals surface area (Å²) >= 11 is 0. The van der Waals surface area contributed by atoms with E-state index < -0.39 is 5.97 Å². The van der Waals surface area contributed by atoms with Crippen molar-refractivity contribution in [1.29, 1.82) is 0 Å². The number of hydrogen-bond acceptors (Lipinski definition) is 4. The van der Waals surface area contributed by atoms with Crippen LogP contribution in [0.3, 0.4) is 0 Å². The van der Waals surface area contributed by atoms with Crippen LogP contribution in [0.1, 0.15) is 40.7 Å². The van der Waals surface area contributed by atoms with Crippen LogP contribution in [0, 0.1) is 6.92 Å². The number of rotatable bonds is 8. The van der Waals surface area contributed by atoms with Gasteiger partial charge >= 0.3 is 5.97 Å². The number of hydrogen-bond donors (Lipinski definition) is 1. The van der Waals surface area contributed by atoms with Gasteiger partial charge in [-0.2, -0.15) is 0 Å². The van der Waals surface area contributed by atoms with Crippen molar-refractivity contribution >= 4 is 28.5 Å². The molecule has 5 rings (SSSR count). The number of carboxylic acid groups (broad SMARTS) is 1. The number of unbranched alkanes of at least 4 members (excludes halogenated alkanes) is 1. The third kappa shape index (κ3) is 5.86. The lowest BCUT2D eigenvalue weighted by atomic mass is 9.98. The van der Waals surface area contributed by atoms with E-state index in [-0.39, 0.29) is 12.3 Å². The molecule has 1 aliphatic heterocycles. The van der Waals surface area contributed by atoms with Crippen molar-refractivity contribution in [2.75, 3.05) is 31.1 Å². The van der Waals surface area contributed by atoms with Gasteiger partial charge in [-0.25, -0.2) is 4.98 Å². The van der Waals surface area contributed by atoms with Crippen molar-refractivity contribution in [3.05, 3.63) is 95.6 Å². The molecule has 1 saturated heterocycles. The molecule has 194 valence electrons. The maximum Gasteiger partial charge on any atom is 0.303 e. The lowest BCUT2D eigenvalue weighted by Crippen LogP contribution is -2.48. The second kappa shape index (κ2) is 11.5. The third-order valence-corrected chi connectivity index (χ3v) is 7.21. The van der Waals surface area contributed by atoms with Crippen LogP contribution in [-0.2, 0) is 11.2 Å². The first kappa shape index (κ1) is 25.5. The number of carbonyl (C=O) groups is 2. The van der Waals surface area contributed by atoms with Gasteiger partial charge in [-0.3, -0.25) is 9.59 Å². The molecule has 2 heterocycles. The molecule has 6 nitrogen and oxygen atoms in total. The first-order valence-corrected chi connectivity index (χ1v) is 13.3. The molecule has 0 bridgehead atoms. The van der Waals surface area contributed by atoms with Crippen LogP contribution in [-0.4, -0.2) is 53.0 Å². The summed E-state index contributed by atoms with van der Waals surface area (Å²) in [7, 11) is 0. The van der Waals surface area contributed by atoms with Gasteiger partial charge in [-0.05, 0) is 73.7 Å². The summed E-state index contributed by atoms with van der Waals surface area (Å²) < 4.78 is 0. The van der Waals surface area contributed by atoms with Crippen molar-refractivity contribution in [3.63, 3.8) is 0 Å². The van der Waals surface area contributed by atoms with Gasteiger partial charge < -0.3 is 14.9 Å². The first-order chi connectivity index (χ1) is 18.5. The van der Waals surface area contributed by atoms with Crippen LogP contribution in [0.25, 0.3) is 22.2 Å². The quantitative estimate of drug-likeness (QED) is 0.298. The van der Waals surface area contributed by atoms with Gasteiger partial charge in [-0.1, -0.05) is 42.5 Å². The van der Waals surface area contributed by atoms with Gasteiger partial charge in [0, 0.05) is 54.8 Å². The number of pyridine rings is 1. The molecule has 0 spiro atoms. The molecule has 1 aromatic heterocycles. The highest BCUT2D eigenvalue weighted by Gasteiger charge is 2.23. The second-order valence-corrected chi connectivity index (χ2v) is 9.99. The van der Waals surface area contributed by atoms with E-state index in [0.29, 0.717) is 25.1 Å². The molecular formula is C32H33N3O3. The topological polar surface area (TPSA) is 73.7 Å². The zero-order chi connectivity index (χ0) is 26.5. The standard InChI is InChI=1S/C32H33N3O3/c1-23-8-7-12-28(20-23)34-16-18-35(19-17-34)32(38)26-14-15-29-27(22-26)21-25(11-5-6-13-30(36)37)31(33-29)24-9-3-2-4-10-24/h2-4,7-10,12,14-15,20-22H,5-6,11,13,16-19H2,1H3,(H,36,37). The number of aromatic nitrogens is 1. The SMILES string of the molecule is Cc1cccc(N2CCN(C(=O)c3ccc4nc(-c5ccccc5)c(CCCCC(=O)O)cc4c3)CC2)c1. The Bertz CT molecular complexity index is 1440. The maximum absolute atomic E-state index is 13.4. The van der Waals surface area contributed by atoms with Gasteiger partial charge in [0.15, 0.2) is 0 Å². The summed E-state index contributed by atoms with van der Waals surface area (Å²) in [5, 5.41) is 9.94. The van der Waals surface area contributed by atoms with Crippen LogP contribution in [0.2, 0.25) is 0 Å². The number of nitrogens with zero attached hydrogens (tertiary/aromatic N) is 3. The van der Waals surface area contributed by atoms with E-state index in [1.807, 2.05) is 53.4 Å². The summed E-state index contributed by atoms with van der Waals surface area (Å²) in [6, 6.07) is 26.5. The fourth-order valence-electron chi connectivity index (χ4n) is 5.16. The Hall–Kier alpha value is -4.19. The zero-order valence-electron chi connectivity index (χ0n) is 21.8. The lowest BCUT2D eigenvalue weighted by molar-refractivity contribution is -0.137. The average molecular weight is 508 g/mol. The summed E-state index contributed by atoms with van der Waals surface area (Å²) in [5.41, 5.74) is 6.99. The minimum atomic E-state index is -0.771. The molecule has 1 amide bonds. The van der Waals surface area contributed by atoms with Crippen molar-refractivity contribution in [2.24, 2.45) is 0 Å². The number of aryl methyl sites for hydroxylation is 2. The highest BCUT2D eigenvalue weighted by Crippen LogP contribution is 2.28. The molecule has 0 unspecified atom stereocenters. The molecule has 0 radical (unpaired) electrons. The van der Waals surface area contributed by atoms with E-state index >= 15 is 0 Å². The van der Waals surface area contributed by atoms with E-state index in [4.69, 9.17) is 10.1 Å². The number of aliphatic carboxylic acids is 1. The Labute approximate surface area is 223 Å². The van der Waals surface area contributed by atoms with Gasteiger partial charge in [-0.15, -0.1) is 0 Å². The van der Waals surface area contributed by atoms with Crippen LogP contribution in [0.5, 0.6) is 0 Å². The van der Waals surface area contributed by atoms with E-state index in [9.17, 15) is 9.59 Å². The number of anilines is 1. The fourth-order valence-corrected chi connectivity index (χ4v) is 5.16. The Morgan fingerprint density at radius 1 is 0.868 bits per heavy atom. The number of piperazine rings is 1. The Morgan fingerprint density at radius 2 is 1.66 bits per heavy atom. The number of carbonyl (C=O) groups excluding carboxylic acids is 1. The summed E-state index contributed by atoms with van der Waals surface area (Å²) in [6.45, 7) is 5.09. The van der Waals surface area contributed by atoms with Crippen LogP contribution in [0.15, 0.2) is 78.9 Å². The summed E-state index contributed by atoms with van der Waals surface area (Å²) in [5.74, 6) is -0.723. The number of fused-ring (bicyclic) bond motifs is 1. The van der Waals surface area contributed by atoms with Crippen LogP contribution < -0.4 is 4.90 Å². The Morgan fingerprint density at radius 3 is 2.39 bits per heavy atom. The zero-order valence-corrected chi connectivity index (χ0v) is 21.8. The molecule has 1 aliphatic rings. The molecule has 0 saturated carbocycles. The van der Waals surface area contributed by atoms with Crippen molar-refractivity contribution in [2.45, 2.75) is 32.6 Å². The Kier molecular flexibility index (Phi) is 7.68. The van der Waals surface area contributed by atoms with E-state index in [0.717, 1.165) is 53.7 Å². The van der Waals surface area contributed by atoms with Gasteiger partial charge in [0.2, 0.25) is 0 Å². The molecule has 1 N–H and O–H groups in total. The first-order valence-electron chi connectivity index (χ1n) is 13.3. The van der Waals surface area contributed by atoms with Gasteiger partial charge in [0.25, 0.3) is 5.91 Å². The van der Waals surface area contributed by atoms with Gasteiger partial charge in [0.05, 0.1) is 11.2 Å². The molecule has 1 fully saturated rings. The third-order valence-electron chi connectivity index (χ3n) is 7.21. The smallest absolute Gasteiger partial charge is 0.303 e. The molecule has 4 aromatic rings. The number of carboxylic acids is 1. The predicted octanol–water partition coefficient (Wildman–Crippen LogP) is 5.97. The molecule has 0 aliphatic carbocycles. The minimum Gasteiger partial charge on any atom is -0.481 e. The average Bonchev–Trinajstić information content (AvgIpc) is 2.94. The van der Waals surface area contributed by atoms with Gasteiger partial charge in [0.1, 0.15) is 0 Å². The van der Waals surface area contributed by atoms with E-state index in [1.54, 1.807) is 0 Å². The maximum atomic E-state index is 13.4. The molecule has 3 aromatic carbocycles. The van der Waals surface area contributed by atoms with E-state index in [1.165, 1.54) is 11.3 Å². The lowest BCUT2D eigenvalue weighted by Gasteiger charge is -2.36. The second-order valence-electron chi connectivity index (χ2n) is 9.99.